The average Bonchev–Trinajstić information content (AvgIpc) is 2.94. The van der Waals surface area contributed by atoms with Gasteiger partial charge in [0.25, 0.3) is 0 Å². The van der Waals surface area contributed by atoms with Crippen molar-refractivity contribution in [3.05, 3.63) is 35.9 Å². The van der Waals surface area contributed by atoms with Gasteiger partial charge in [0.1, 0.15) is 12.6 Å². The van der Waals surface area contributed by atoms with Crippen molar-refractivity contribution in [3.8, 4) is 0 Å². The first-order valence-corrected chi connectivity index (χ1v) is 9.03. The summed E-state index contributed by atoms with van der Waals surface area (Å²) in [5, 5.41) is 9.48. The first kappa shape index (κ1) is 16.2. The largest absolute Gasteiger partial charge is 0.480 e. The van der Waals surface area contributed by atoms with E-state index in [1.165, 1.54) is 4.90 Å². The Balaban J connectivity index is 1.66. The van der Waals surface area contributed by atoms with Crippen molar-refractivity contribution in [2.75, 3.05) is 18.1 Å². The number of carboxylic acids is 1. The van der Waals surface area contributed by atoms with Crippen LogP contribution in [0.4, 0.5) is 4.79 Å². The number of nitrogens with zero attached hydrogens (tertiary/aromatic N) is 1. The number of rotatable bonds is 3. The smallest absolute Gasteiger partial charge is 0.410 e. The van der Waals surface area contributed by atoms with E-state index in [0.717, 1.165) is 29.9 Å². The van der Waals surface area contributed by atoms with Crippen LogP contribution < -0.4 is 0 Å². The molecule has 1 aromatic carbocycles. The van der Waals surface area contributed by atoms with E-state index >= 15 is 0 Å². The second-order valence-electron chi connectivity index (χ2n) is 6.34. The number of carbonyl (C=O) groups excluding carboxylic acids is 1. The lowest BCUT2D eigenvalue weighted by atomic mass is 9.80. The van der Waals surface area contributed by atoms with Crippen molar-refractivity contribution in [1.29, 1.82) is 0 Å². The van der Waals surface area contributed by atoms with Crippen LogP contribution in [0, 0.1) is 5.41 Å². The quantitative estimate of drug-likeness (QED) is 0.920. The molecule has 2 saturated heterocycles. The van der Waals surface area contributed by atoms with Crippen molar-refractivity contribution < 1.29 is 19.4 Å². The minimum atomic E-state index is -0.934. The van der Waals surface area contributed by atoms with E-state index in [2.05, 4.69) is 0 Å². The molecule has 6 heteroatoms. The molecule has 2 aliphatic heterocycles. The van der Waals surface area contributed by atoms with Gasteiger partial charge < -0.3 is 9.84 Å². The highest BCUT2D eigenvalue weighted by atomic mass is 32.2. The number of aliphatic carboxylic acids is 1. The molecule has 3 rings (SSSR count). The highest BCUT2D eigenvalue weighted by molar-refractivity contribution is 7.99. The topological polar surface area (TPSA) is 66.8 Å². The Morgan fingerprint density at radius 2 is 1.96 bits per heavy atom. The molecule has 0 saturated carbocycles. The van der Waals surface area contributed by atoms with Crippen LogP contribution in [0.1, 0.15) is 24.8 Å². The van der Waals surface area contributed by atoms with Crippen molar-refractivity contribution in [1.82, 2.24) is 4.90 Å². The third kappa shape index (κ3) is 3.63. The van der Waals surface area contributed by atoms with Crippen LogP contribution in [0.25, 0.3) is 0 Å². The Hall–Kier alpha value is -1.69. The first-order chi connectivity index (χ1) is 11.1. The number of benzene rings is 1. The molecule has 0 bridgehead atoms. The molecule has 1 aromatic rings. The third-order valence-corrected chi connectivity index (χ3v) is 5.77. The van der Waals surface area contributed by atoms with Crippen LogP contribution in [0.2, 0.25) is 0 Å². The maximum Gasteiger partial charge on any atom is 0.410 e. The highest BCUT2D eigenvalue weighted by Gasteiger charge is 2.49. The molecule has 2 aliphatic rings. The summed E-state index contributed by atoms with van der Waals surface area (Å²) in [6, 6.07) is 8.66. The second kappa shape index (κ2) is 6.83. The van der Waals surface area contributed by atoms with Gasteiger partial charge in [0, 0.05) is 6.54 Å². The fourth-order valence-electron chi connectivity index (χ4n) is 3.44. The summed E-state index contributed by atoms with van der Waals surface area (Å²) >= 11 is 1.90. The molecular weight excluding hydrogens is 314 g/mol. The summed E-state index contributed by atoms with van der Waals surface area (Å²) < 4.78 is 5.34. The minimum Gasteiger partial charge on any atom is -0.480 e. The van der Waals surface area contributed by atoms with Gasteiger partial charge in [0.2, 0.25) is 0 Å². The Kier molecular flexibility index (Phi) is 4.80. The van der Waals surface area contributed by atoms with E-state index in [0.29, 0.717) is 13.0 Å². The zero-order valence-electron chi connectivity index (χ0n) is 12.9. The predicted octanol–water partition coefficient (Wildman–Crippen LogP) is 3.00. The van der Waals surface area contributed by atoms with E-state index in [-0.39, 0.29) is 12.0 Å². The summed E-state index contributed by atoms with van der Waals surface area (Å²) in [6.07, 6.45) is 1.98. The molecule has 1 unspecified atom stereocenters. The number of carbonyl (C=O) groups is 2. The molecule has 0 radical (unpaired) electrons. The third-order valence-electron chi connectivity index (χ3n) is 4.79. The summed E-state index contributed by atoms with van der Waals surface area (Å²) in [6.45, 7) is 0.670. The van der Waals surface area contributed by atoms with Crippen LogP contribution >= 0.6 is 11.8 Å². The first-order valence-electron chi connectivity index (χ1n) is 7.88. The lowest BCUT2D eigenvalue weighted by Crippen LogP contribution is -2.41. The van der Waals surface area contributed by atoms with E-state index < -0.39 is 18.1 Å². The molecule has 1 atom stereocenters. The lowest BCUT2D eigenvalue weighted by molar-refractivity contribution is -0.141. The molecule has 124 valence electrons. The van der Waals surface area contributed by atoms with Crippen LogP contribution in [0.5, 0.6) is 0 Å². The van der Waals surface area contributed by atoms with Crippen molar-refractivity contribution >= 4 is 23.8 Å². The maximum atomic E-state index is 12.4. The van der Waals surface area contributed by atoms with Gasteiger partial charge >= 0.3 is 12.1 Å². The molecule has 1 spiro atoms. The van der Waals surface area contributed by atoms with E-state index in [1.54, 1.807) is 0 Å². The Morgan fingerprint density at radius 1 is 1.26 bits per heavy atom. The molecule has 2 fully saturated rings. The molecule has 23 heavy (non-hydrogen) atoms. The molecule has 1 amide bonds. The summed E-state index contributed by atoms with van der Waals surface area (Å²) in [7, 11) is 0. The zero-order chi connectivity index (χ0) is 16.3. The number of ether oxygens (including phenoxy) is 1. The molecule has 5 nitrogen and oxygen atoms in total. The summed E-state index contributed by atoms with van der Waals surface area (Å²) in [4.78, 5) is 25.4. The van der Waals surface area contributed by atoms with E-state index in [4.69, 9.17) is 4.74 Å². The van der Waals surface area contributed by atoms with Crippen LogP contribution in [-0.4, -0.2) is 46.2 Å². The van der Waals surface area contributed by atoms with Crippen molar-refractivity contribution in [2.24, 2.45) is 5.41 Å². The van der Waals surface area contributed by atoms with Crippen molar-refractivity contribution in [2.45, 2.75) is 31.9 Å². The van der Waals surface area contributed by atoms with Crippen LogP contribution in [0.15, 0.2) is 30.3 Å². The highest BCUT2D eigenvalue weighted by Crippen LogP contribution is 2.45. The number of thioether (sulfide) groups is 1. The number of hydrogen-bond acceptors (Lipinski definition) is 4. The van der Waals surface area contributed by atoms with Gasteiger partial charge in [-0.05, 0) is 41.7 Å². The Bertz CT molecular complexity index is 571. The number of likely N-dealkylation sites (tertiary alicyclic amines) is 1. The monoisotopic (exact) mass is 335 g/mol. The fraction of sp³-hybridized carbons (Fsp3) is 0.529. The number of hydrogen-bond donors (Lipinski definition) is 1. The van der Waals surface area contributed by atoms with Gasteiger partial charge in [-0.2, -0.15) is 11.8 Å². The lowest BCUT2D eigenvalue weighted by Gasteiger charge is -2.32. The number of amides is 1. The summed E-state index contributed by atoms with van der Waals surface area (Å²) in [5.74, 6) is 1.15. The van der Waals surface area contributed by atoms with Gasteiger partial charge in [-0.15, -0.1) is 0 Å². The Morgan fingerprint density at radius 3 is 2.61 bits per heavy atom. The molecule has 0 aromatic heterocycles. The molecule has 2 heterocycles. The minimum absolute atomic E-state index is 0.0416. The van der Waals surface area contributed by atoms with E-state index in [1.807, 2.05) is 42.1 Å². The summed E-state index contributed by atoms with van der Waals surface area (Å²) in [5.41, 5.74) is 0.857. The number of carboxylic acid groups (broad SMARTS) is 1. The van der Waals surface area contributed by atoms with Crippen LogP contribution in [-0.2, 0) is 16.1 Å². The van der Waals surface area contributed by atoms with Gasteiger partial charge in [-0.25, -0.2) is 9.59 Å². The van der Waals surface area contributed by atoms with Crippen molar-refractivity contribution in [3.63, 3.8) is 0 Å². The zero-order valence-corrected chi connectivity index (χ0v) is 13.8. The molecule has 0 aliphatic carbocycles. The average molecular weight is 335 g/mol. The predicted molar refractivity (Wildman–Crippen MR) is 88.4 cm³/mol. The Labute approximate surface area is 140 Å². The van der Waals surface area contributed by atoms with Gasteiger partial charge in [-0.3, -0.25) is 4.90 Å². The van der Waals surface area contributed by atoms with E-state index in [9.17, 15) is 14.7 Å². The van der Waals surface area contributed by atoms with Gasteiger partial charge in [-0.1, -0.05) is 30.3 Å². The SMILES string of the molecule is O=C(O)C1CC2(CCSCC2)CN1C(=O)OCc1ccccc1. The normalized spacial score (nSPS) is 23.0. The van der Waals surface area contributed by atoms with Gasteiger partial charge in [0.15, 0.2) is 0 Å². The fourth-order valence-corrected chi connectivity index (χ4v) is 4.80. The molecular formula is C17H21NO4S. The van der Waals surface area contributed by atoms with Gasteiger partial charge in [0.05, 0.1) is 0 Å². The van der Waals surface area contributed by atoms with Crippen LogP contribution in [0.3, 0.4) is 0 Å². The standard InChI is InChI=1S/C17H21NO4S/c19-15(20)14-10-17(6-8-23-9-7-17)12-18(14)16(21)22-11-13-4-2-1-3-5-13/h1-5,14H,6-12H2,(H,19,20). The maximum absolute atomic E-state index is 12.4. The molecule has 1 N–H and O–H groups in total. The second-order valence-corrected chi connectivity index (χ2v) is 7.56.